The number of rotatable bonds is 12. The van der Waals surface area contributed by atoms with E-state index in [1.165, 1.54) is 32.1 Å². The summed E-state index contributed by atoms with van der Waals surface area (Å²) in [4.78, 5) is 26.5. The van der Waals surface area contributed by atoms with Gasteiger partial charge >= 0.3 is 5.97 Å². The lowest BCUT2D eigenvalue weighted by Crippen LogP contribution is -2.52. The van der Waals surface area contributed by atoms with Crippen LogP contribution in [0.3, 0.4) is 0 Å². The minimum absolute atomic E-state index is 0.0574. The van der Waals surface area contributed by atoms with E-state index in [0.717, 1.165) is 18.4 Å². The number of amides is 1. The average molecular weight is 488 g/mol. The van der Waals surface area contributed by atoms with Crippen LogP contribution >= 0.6 is 0 Å². The van der Waals surface area contributed by atoms with Crippen molar-refractivity contribution in [3.63, 3.8) is 0 Å². The molecular formula is C30H49NO4. The largest absolute Gasteiger partial charge is 0.452 e. The second-order valence-electron chi connectivity index (χ2n) is 12.6. The zero-order valence-corrected chi connectivity index (χ0v) is 23.2. The molecule has 0 aliphatic heterocycles. The van der Waals surface area contributed by atoms with Gasteiger partial charge in [-0.05, 0) is 43.6 Å². The van der Waals surface area contributed by atoms with E-state index in [0.29, 0.717) is 19.1 Å². The fraction of sp³-hybridized carbons (Fsp3) is 0.733. The number of carbonyl (C=O) groups excluding carboxylic acids is 2. The highest BCUT2D eigenvalue weighted by molar-refractivity contribution is 5.85. The second kappa shape index (κ2) is 13.4. The molecule has 35 heavy (non-hydrogen) atoms. The molecule has 0 radical (unpaired) electrons. The van der Waals surface area contributed by atoms with Crippen LogP contribution in [0.2, 0.25) is 0 Å². The van der Waals surface area contributed by atoms with Gasteiger partial charge in [-0.25, -0.2) is 0 Å². The van der Waals surface area contributed by atoms with Crippen LogP contribution < -0.4 is 5.32 Å². The van der Waals surface area contributed by atoms with Crippen molar-refractivity contribution in [1.29, 1.82) is 0 Å². The highest BCUT2D eigenvalue weighted by Crippen LogP contribution is 2.30. The molecule has 1 saturated carbocycles. The maximum absolute atomic E-state index is 13.4. The van der Waals surface area contributed by atoms with Gasteiger partial charge in [-0.15, -0.1) is 0 Å². The summed E-state index contributed by atoms with van der Waals surface area (Å²) in [5.41, 5.74) is 0.713. The molecular weight excluding hydrogens is 438 g/mol. The van der Waals surface area contributed by atoms with Gasteiger partial charge in [0.2, 0.25) is 0 Å². The van der Waals surface area contributed by atoms with Crippen LogP contribution in [-0.4, -0.2) is 30.1 Å². The molecule has 198 valence electrons. The first-order valence-corrected chi connectivity index (χ1v) is 13.5. The first kappa shape index (κ1) is 29.4. The van der Waals surface area contributed by atoms with Crippen molar-refractivity contribution >= 4 is 11.9 Å². The third-order valence-corrected chi connectivity index (χ3v) is 6.76. The van der Waals surface area contributed by atoms with Crippen LogP contribution in [0.1, 0.15) is 99.0 Å². The van der Waals surface area contributed by atoms with E-state index in [1.54, 1.807) is 0 Å². The summed E-state index contributed by atoms with van der Waals surface area (Å²) in [5, 5.41) is 3.16. The molecule has 1 aliphatic rings. The van der Waals surface area contributed by atoms with Crippen LogP contribution in [0, 0.1) is 23.2 Å². The lowest BCUT2D eigenvalue weighted by atomic mass is 9.81. The Hall–Kier alpha value is -1.88. The first-order valence-electron chi connectivity index (χ1n) is 13.5. The molecule has 1 fully saturated rings. The third kappa shape index (κ3) is 11.2. The SMILES string of the molecule is C[C@@H](CC1CCCCC1)C(=O)OC(C(=O)NC(C)(C)CC(C)(C)C)[C@@H](C)COCc1ccccc1. The number of esters is 1. The molecule has 0 bridgehead atoms. The van der Waals surface area contributed by atoms with Crippen molar-refractivity contribution in [1.82, 2.24) is 5.32 Å². The molecule has 0 saturated heterocycles. The smallest absolute Gasteiger partial charge is 0.309 e. The highest BCUT2D eigenvalue weighted by Gasteiger charge is 2.35. The molecule has 1 aromatic carbocycles. The normalized spacial score (nSPS) is 17.9. The van der Waals surface area contributed by atoms with Crippen LogP contribution in [0.4, 0.5) is 0 Å². The Morgan fingerprint density at radius 1 is 1.00 bits per heavy atom. The summed E-state index contributed by atoms with van der Waals surface area (Å²) >= 11 is 0. The topological polar surface area (TPSA) is 64.6 Å². The van der Waals surface area contributed by atoms with Gasteiger partial charge in [0.25, 0.3) is 5.91 Å². The molecule has 5 heteroatoms. The van der Waals surface area contributed by atoms with E-state index in [-0.39, 0.29) is 29.1 Å². The van der Waals surface area contributed by atoms with Crippen molar-refractivity contribution in [3.8, 4) is 0 Å². The Labute approximate surface area is 213 Å². The fourth-order valence-corrected chi connectivity index (χ4v) is 5.49. The molecule has 0 aromatic heterocycles. The van der Waals surface area contributed by atoms with Crippen molar-refractivity contribution in [3.05, 3.63) is 35.9 Å². The van der Waals surface area contributed by atoms with Gasteiger partial charge in [-0.2, -0.15) is 0 Å². The van der Waals surface area contributed by atoms with Crippen molar-refractivity contribution in [2.75, 3.05) is 6.61 Å². The van der Waals surface area contributed by atoms with Gasteiger partial charge in [-0.1, -0.05) is 97.1 Å². The van der Waals surface area contributed by atoms with Crippen LogP contribution in [-0.2, 0) is 25.7 Å². The van der Waals surface area contributed by atoms with Gasteiger partial charge in [-0.3, -0.25) is 9.59 Å². The molecule has 1 aromatic rings. The summed E-state index contributed by atoms with van der Waals surface area (Å²) in [5.74, 6) is -0.424. The third-order valence-electron chi connectivity index (χ3n) is 6.76. The van der Waals surface area contributed by atoms with Crippen molar-refractivity contribution < 1.29 is 19.1 Å². The molecule has 0 heterocycles. The van der Waals surface area contributed by atoms with E-state index in [2.05, 4.69) is 26.1 Å². The lowest BCUT2D eigenvalue weighted by molar-refractivity contribution is -0.165. The Morgan fingerprint density at radius 2 is 1.63 bits per heavy atom. The number of hydrogen-bond donors (Lipinski definition) is 1. The maximum Gasteiger partial charge on any atom is 0.309 e. The molecule has 1 amide bonds. The fourth-order valence-electron chi connectivity index (χ4n) is 5.49. The zero-order chi connectivity index (χ0) is 26.1. The summed E-state index contributed by atoms with van der Waals surface area (Å²) in [6.45, 7) is 15.2. The molecule has 1 N–H and O–H groups in total. The minimum atomic E-state index is -0.883. The van der Waals surface area contributed by atoms with E-state index >= 15 is 0 Å². The van der Waals surface area contributed by atoms with E-state index < -0.39 is 11.6 Å². The summed E-state index contributed by atoms with van der Waals surface area (Å²) in [6.07, 6.45) is 6.92. The molecule has 3 atom stereocenters. The van der Waals surface area contributed by atoms with Crippen LogP contribution in [0.25, 0.3) is 0 Å². The van der Waals surface area contributed by atoms with Crippen LogP contribution in [0.15, 0.2) is 30.3 Å². The predicted molar refractivity (Wildman–Crippen MR) is 142 cm³/mol. The number of benzene rings is 1. The number of hydrogen-bond acceptors (Lipinski definition) is 4. The molecule has 2 rings (SSSR count). The summed E-state index contributed by atoms with van der Waals surface area (Å²) in [7, 11) is 0. The summed E-state index contributed by atoms with van der Waals surface area (Å²) in [6, 6.07) is 9.95. The quantitative estimate of drug-likeness (QED) is 0.334. The highest BCUT2D eigenvalue weighted by atomic mass is 16.6. The average Bonchev–Trinajstić information content (AvgIpc) is 2.76. The molecule has 0 spiro atoms. The van der Waals surface area contributed by atoms with Crippen LogP contribution in [0.5, 0.6) is 0 Å². The number of nitrogens with one attached hydrogen (secondary N) is 1. The predicted octanol–water partition coefficient (Wildman–Crippen LogP) is 6.69. The van der Waals surface area contributed by atoms with Gasteiger partial charge < -0.3 is 14.8 Å². The number of ether oxygens (including phenoxy) is 2. The van der Waals surface area contributed by atoms with E-state index in [1.807, 2.05) is 58.0 Å². The Morgan fingerprint density at radius 3 is 2.23 bits per heavy atom. The molecule has 1 unspecified atom stereocenters. The maximum atomic E-state index is 13.4. The van der Waals surface area contributed by atoms with E-state index in [4.69, 9.17) is 9.47 Å². The van der Waals surface area contributed by atoms with Crippen molar-refractivity contribution in [2.24, 2.45) is 23.2 Å². The lowest BCUT2D eigenvalue weighted by Gasteiger charge is -2.35. The van der Waals surface area contributed by atoms with Gasteiger partial charge in [0, 0.05) is 11.5 Å². The zero-order valence-electron chi connectivity index (χ0n) is 23.2. The standard InChI is InChI=1S/C30H49NO4/c1-22(18-24-14-10-8-11-15-24)28(33)35-26(27(32)31-30(6,7)21-29(3,4)5)23(2)19-34-20-25-16-12-9-13-17-25/h9,12-13,16-17,22-24,26H,8,10-11,14-15,18-21H2,1-7H3,(H,31,32)/t22-,23-,26?/m0/s1. The van der Waals surface area contributed by atoms with Gasteiger partial charge in [0.05, 0.1) is 19.1 Å². The first-order chi connectivity index (χ1) is 16.4. The van der Waals surface area contributed by atoms with Gasteiger partial charge in [0.1, 0.15) is 0 Å². The second-order valence-corrected chi connectivity index (χ2v) is 12.6. The van der Waals surface area contributed by atoms with E-state index in [9.17, 15) is 9.59 Å². The molecule has 5 nitrogen and oxygen atoms in total. The Kier molecular flexibility index (Phi) is 11.3. The Balaban J connectivity index is 2.04. The monoisotopic (exact) mass is 487 g/mol. The van der Waals surface area contributed by atoms with Crippen molar-refractivity contribution in [2.45, 2.75) is 112 Å². The number of carbonyl (C=O) groups is 2. The van der Waals surface area contributed by atoms with Gasteiger partial charge in [0.15, 0.2) is 6.10 Å². The Bertz CT molecular complexity index is 777. The molecule has 1 aliphatic carbocycles. The minimum Gasteiger partial charge on any atom is -0.452 e. The summed E-state index contributed by atoms with van der Waals surface area (Å²) < 4.78 is 11.8.